The standard InChI is InChI=1S/C18H16Cl2N4O2S/c1-25-16-12(9-13(19)17(26-2)15(16)20)10-21-24-14(22-23-18(24)27)8-11-6-4-3-5-7-11/h3-7,9-10H,8H2,1-2H3,(H,23,27)/b21-10-. The number of aromatic amines is 1. The van der Waals surface area contributed by atoms with Crippen LogP contribution in [-0.2, 0) is 6.42 Å². The second-order valence-corrected chi connectivity index (χ2v) is 6.66. The fourth-order valence-electron chi connectivity index (χ4n) is 2.55. The number of methoxy groups -OCH3 is 2. The van der Waals surface area contributed by atoms with Crippen LogP contribution in [0, 0.1) is 4.77 Å². The molecule has 1 aromatic heterocycles. The van der Waals surface area contributed by atoms with Crippen molar-refractivity contribution in [3.63, 3.8) is 0 Å². The first-order valence-corrected chi connectivity index (χ1v) is 9.06. The highest BCUT2D eigenvalue weighted by atomic mass is 35.5. The van der Waals surface area contributed by atoms with Crippen LogP contribution in [0.15, 0.2) is 41.5 Å². The maximum absolute atomic E-state index is 6.31. The fourth-order valence-corrected chi connectivity index (χ4v) is 3.45. The van der Waals surface area contributed by atoms with Crippen LogP contribution < -0.4 is 9.47 Å². The molecule has 0 amide bonds. The Balaban J connectivity index is 1.98. The number of ether oxygens (including phenoxy) is 2. The van der Waals surface area contributed by atoms with Crippen molar-refractivity contribution in [2.24, 2.45) is 5.10 Å². The number of halogens is 2. The Morgan fingerprint density at radius 1 is 1.19 bits per heavy atom. The maximum atomic E-state index is 6.31. The fraction of sp³-hybridized carbons (Fsp3) is 0.167. The van der Waals surface area contributed by atoms with E-state index in [1.807, 2.05) is 30.3 Å². The second-order valence-electron chi connectivity index (χ2n) is 5.49. The molecular weight excluding hydrogens is 407 g/mol. The minimum atomic E-state index is 0.272. The second kappa shape index (κ2) is 8.56. The molecule has 1 heterocycles. The number of hydrogen-bond acceptors (Lipinski definition) is 5. The zero-order valence-electron chi connectivity index (χ0n) is 14.6. The van der Waals surface area contributed by atoms with Gasteiger partial charge in [-0.1, -0.05) is 53.5 Å². The third-order valence-electron chi connectivity index (χ3n) is 3.80. The molecule has 9 heteroatoms. The SMILES string of the molecule is COc1c(Cl)cc(/C=N\n2c(Cc3ccccc3)n[nH]c2=S)c(OC)c1Cl. The Kier molecular flexibility index (Phi) is 6.15. The molecule has 27 heavy (non-hydrogen) atoms. The first-order chi connectivity index (χ1) is 13.0. The summed E-state index contributed by atoms with van der Waals surface area (Å²) in [5.74, 6) is 1.42. The van der Waals surface area contributed by atoms with Crippen LogP contribution in [0.1, 0.15) is 17.0 Å². The van der Waals surface area contributed by atoms with Crippen molar-refractivity contribution >= 4 is 41.6 Å². The maximum Gasteiger partial charge on any atom is 0.216 e. The van der Waals surface area contributed by atoms with Crippen LogP contribution in [-0.4, -0.2) is 35.3 Å². The lowest BCUT2D eigenvalue weighted by molar-refractivity contribution is 0.394. The molecule has 3 aromatic rings. The third-order valence-corrected chi connectivity index (χ3v) is 4.69. The van der Waals surface area contributed by atoms with Gasteiger partial charge in [-0.2, -0.15) is 14.9 Å². The Hall–Kier alpha value is -2.35. The van der Waals surface area contributed by atoms with Crippen LogP contribution >= 0.6 is 35.4 Å². The van der Waals surface area contributed by atoms with E-state index in [0.717, 1.165) is 5.56 Å². The quantitative estimate of drug-likeness (QED) is 0.460. The van der Waals surface area contributed by atoms with E-state index >= 15 is 0 Å². The first-order valence-electron chi connectivity index (χ1n) is 7.89. The number of hydrogen-bond donors (Lipinski definition) is 1. The zero-order valence-corrected chi connectivity index (χ0v) is 16.9. The van der Waals surface area contributed by atoms with Crippen LogP contribution in [0.2, 0.25) is 10.0 Å². The highest BCUT2D eigenvalue weighted by Gasteiger charge is 2.17. The summed E-state index contributed by atoms with van der Waals surface area (Å²) in [7, 11) is 3.00. The molecule has 0 aliphatic heterocycles. The van der Waals surface area contributed by atoms with Crippen molar-refractivity contribution in [1.29, 1.82) is 0 Å². The van der Waals surface area contributed by atoms with Crippen LogP contribution in [0.4, 0.5) is 0 Å². The van der Waals surface area contributed by atoms with Crippen LogP contribution in [0.3, 0.4) is 0 Å². The van der Waals surface area contributed by atoms with Gasteiger partial charge in [0.1, 0.15) is 10.8 Å². The molecule has 0 fully saturated rings. The lowest BCUT2D eigenvalue weighted by Crippen LogP contribution is -2.01. The monoisotopic (exact) mass is 422 g/mol. The Morgan fingerprint density at radius 3 is 2.56 bits per heavy atom. The van der Waals surface area contributed by atoms with Gasteiger partial charge < -0.3 is 9.47 Å². The molecule has 0 atom stereocenters. The average Bonchev–Trinajstić information content (AvgIpc) is 3.00. The number of nitrogens with one attached hydrogen (secondary N) is 1. The Labute approximate surface area is 171 Å². The van der Waals surface area contributed by atoms with Crippen molar-refractivity contribution in [3.05, 3.63) is 68.2 Å². The van der Waals surface area contributed by atoms with E-state index in [1.54, 1.807) is 17.0 Å². The summed E-state index contributed by atoms with van der Waals surface area (Å²) in [6, 6.07) is 11.6. The van der Waals surface area contributed by atoms with E-state index in [4.69, 9.17) is 44.9 Å². The molecule has 6 nitrogen and oxygen atoms in total. The summed E-state index contributed by atoms with van der Waals surface area (Å²) in [4.78, 5) is 0. The van der Waals surface area contributed by atoms with Gasteiger partial charge in [0.15, 0.2) is 11.6 Å². The lowest BCUT2D eigenvalue weighted by Gasteiger charge is -2.12. The van der Waals surface area contributed by atoms with Crippen molar-refractivity contribution in [2.75, 3.05) is 14.2 Å². The van der Waals surface area contributed by atoms with Crippen molar-refractivity contribution < 1.29 is 9.47 Å². The van der Waals surface area contributed by atoms with Crippen LogP contribution in [0.25, 0.3) is 0 Å². The average molecular weight is 423 g/mol. The number of benzene rings is 2. The van der Waals surface area contributed by atoms with E-state index in [1.165, 1.54) is 14.2 Å². The molecule has 0 spiro atoms. The Morgan fingerprint density at radius 2 is 1.89 bits per heavy atom. The molecule has 3 rings (SSSR count). The van der Waals surface area contributed by atoms with Gasteiger partial charge >= 0.3 is 0 Å². The third kappa shape index (κ3) is 4.16. The molecule has 140 valence electrons. The number of rotatable bonds is 6. The minimum Gasteiger partial charge on any atom is -0.494 e. The number of H-pyrrole nitrogens is 1. The van der Waals surface area contributed by atoms with E-state index < -0.39 is 0 Å². The summed E-state index contributed by atoms with van der Waals surface area (Å²) >= 11 is 17.8. The van der Waals surface area contributed by atoms with Crippen molar-refractivity contribution in [1.82, 2.24) is 14.9 Å². The van der Waals surface area contributed by atoms with Crippen molar-refractivity contribution in [3.8, 4) is 11.5 Å². The van der Waals surface area contributed by atoms with Gasteiger partial charge in [0.25, 0.3) is 0 Å². The molecule has 0 saturated heterocycles. The summed E-state index contributed by atoms with van der Waals surface area (Å²) in [6.45, 7) is 0. The topological polar surface area (TPSA) is 64.4 Å². The van der Waals surface area contributed by atoms with Gasteiger partial charge in [-0.3, -0.25) is 5.10 Å². The summed E-state index contributed by atoms with van der Waals surface area (Å²) in [5.41, 5.74) is 1.68. The zero-order chi connectivity index (χ0) is 19.4. The molecule has 0 unspecified atom stereocenters. The smallest absolute Gasteiger partial charge is 0.216 e. The highest BCUT2D eigenvalue weighted by molar-refractivity contribution is 7.71. The van der Waals surface area contributed by atoms with Crippen molar-refractivity contribution in [2.45, 2.75) is 6.42 Å². The largest absolute Gasteiger partial charge is 0.494 e. The Bertz CT molecular complexity index is 1030. The normalized spacial score (nSPS) is 11.1. The van der Waals surface area contributed by atoms with E-state index in [-0.39, 0.29) is 5.02 Å². The molecule has 2 aromatic carbocycles. The molecular formula is C18H16Cl2N4O2S. The molecule has 0 saturated carbocycles. The molecule has 0 aliphatic carbocycles. The summed E-state index contributed by atoms with van der Waals surface area (Å²) in [5, 5.41) is 12.1. The van der Waals surface area contributed by atoms with Gasteiger partial charge in [0.2, 0.25) is 4.77 Å². The predicted molar refractivity (Wildman–Crippen MR) is 109 cm³/mol. The van der Waals surface area contributed by atoms with Gasteiger partial charge in [-0.05, 0) is 23.8 Å². The van der Waals surface area contributed by atoms with Gasteiger partial charge in [-0.25, -0.2) is 0 Å². The molecule has 1 N–H and O–H groups in total. The van der Waals surface area contributed by atoms with E-state index in [2.05, 4.69) is 15.3 Å². The predicted octanol–water partition coefficient (Wildman–Crippen LogP) is 4.74. The van der Waals surface area contributed by atoms with Gasteiger partial charge in [0.05, 0.1) is 25.5 Å². The molecule has 0 bridgehead atoms. The molecule has 0 aliphatic rings. The number of nitrogens with zero attached hydrogens (tertiary/aromatic N) is 3. The van der Waals surface area contributed by atoms with E-state index in [9.17, 15) is 0 Å². The minimum absolute atomic E-state index is 0.272. The number of aromatic nitrogens is 3. The highest BCUT2D eigenvalue weighted by Crippen LogP contribution is 2.41. The van der Waals surface area contributed by atoms with E-state index in [0.29, 0.717) is 39.1 Å². The van der Waals surface area contributed by atoms with Gasteiger partial charge in [-0.15, -0.1) is 0 Å². The molecule has 0 radical (unpaired) electrons. The van der Waals surface area contributed by atoms with Crippen LogP contribution in [0.5, 0.6) is 11.5 Å². The first kappa shape index (κ1) is 19.4. The van der Waals surface area contributed by atoms with Gasteiger partial charge in [0, 0.05) is 12.0 Å². The summed E-state index contributed by atoms with van der Waals surface area (Å²) in [6.07, 6.45) is 2.14. The lowest BCUT2D eigenvalue weighted by atomic mass is 10.1. The summed E-state index contributed by atoms with van der Waals surface area (Å²) < 4.78 is 12.5.